The van der Waals surface area contributed by atoms with E-state index in [2.05, 4.69) is 20.9 Å². The van der Waals surface area contributed by atoms with E-state index in [0.717, 1.165) is 25.1 Å². The first-order valence-corrected chi connectivity index (χ1v) is 7.62. The molecular formula is C14H9BrClNOS. The summed E-state index contributed by atoms with van der Waals surface area (Å²) < 4.78 is 0.999. The van der Waals surface area contributed by atoms with Crippen molar-refractivity contribution < 1.29 is 4.79 Å². The first-order chi connectivity index (χ1) is 9.06. The number of hydrogen-bond acceptors (Lipinski definition) is 2. The van der Waals surface area contributed by atoms with Gasteiger partial charge in [-0.15, -0.1) is 11.3 Å². The Balaban J connectivity index is 2.11. The third kappa shape index (κ3) is 2.24. The number of halogens is 2. The highest BCUT2D eigenvalue weighted by Gasteiger charge is 2.17. The molecule has 0 aliphatic rings. The molecular weight excluding hydrogens is 346 g/mol. The molecule has 0 saturated carbocycles. The van der Waals surface area contributed by atoms with Crippen molar-refractivity contribution in [3.63, 3.8) is 0 Å². The van der Waals surface area contributed by atoms with E-state index >= 15 is 0 Å². The number of ketones is 1. The van der Waals surface area contributed by atoms with Crippen LogP contribution in [0, 0.1) is 6.92 Å². The lowest BCUT2D eigenvalue weighted by atomic mass is 10.1. The smallest absolute Gasteiger partial charge is 0.205 e. The van der Waals surface area contributed by atoms with Gasteiger partial charge in [0.25, 0.3) is 0 Å². The van der Waals surface area contributed by atoms with E-state index in [1.165, 1.54) is 11.3 Å². The largest absolute Gasteiger partial charge is 0.360 e. The lowest BCUT2D eigenvalue weighted by Crippen LogP contribution is -1.96. The summed E-state index contributed by atoms with van der Waals surface area (Å²) in [5.41, 5.74) is 2.64. The van der Waals surface area contributed by atoms with Gasteiger partial charge in [0.05, 0.1) is 8.66 Å². The van der Waals surface area contributed by atoms with Crippen LogP contribution >= 0.6 is 38.9 Å². The van der Waals surface area contributed by atoms with Crippen molar-refractivity contribution in [3.05, 3.63) is 55.3 Å². The Morgan fingerprint density at radius 1 is 1.37 bits per heavy atom. The van der Waals surface area contributed by atoms with Crippen molar-refractivity contribution in [2.45, 2.75) is 6.92 Å². The summed E-state index contributed by atoms with van der Waals surface area (Å²) in [6.45, 7) is 1.98. The molecule has 0 aliphatic heterocycles. The highest BCUT2D eigenvalue weighted by Crippen LogP contribution is 2.31. The molecule has 1 N–H and O–H groups in total. The summed E-state index contributed by atoms with van der Waals surface area (Å²) in [5.74, 6) is 0.0346. The van der Waals surface area contributed by atoms with Gasteiger partial charge >= 0.3 is 0 Å². The van der Waals surface area contributed by atoms with E-state index in [9.17, 15) is 4.79 Å². The second kappa shape index (κ2) is 4.78. The van der Waals surface area contributed by atoms with Crippen LogP contribution in [0.1, 0.15) is 20.8 Å². The Morgan fingerprint density at radius 3 is 2.84 bits per heavy atom. The van der Waals surface area contributed by atoms with Gasteiger partial charge < -0.3 is 4.98 Å². The molecule has 0 unspecified atom stereocenters. The number of nitrogens with one attached hydrogen (secondary N) is 1. The van der Waals surface area contributed by atoms with E-state index in [4.69, 9.17) is 11.6 Å². The number of carbonyl (C=O) groups is 1. The second-order valence-electron chi connectivity index (χ2n) is 4.29. The lowest BCUT2D eigenvalue weighted by Gasteiger charge is -1.96. The molecule has 1 aromatic carbocycles. The molecule has 0 saturated heterocycles. The highest BCUT2D eigenvalue weighted by molar-refractivity contribution is 9.11. The number of carbonyl (C=O) groups excluding carboxylic acids is 1. The van der Waals surface area contributed by atoms with E-state index < -0.39 is 0 Å². The van der Waals surface area contributed by atoms with E-state index in [1.54, 1.807) is 12.3 Å². The molecule has 0 fully saturated rings. The summed E-state index contributed by atoms with van der Waals surface area (Å²) in [5, 5.41) is 1.56. The van der Waals surface area contributed by atoms with Crippen molar-refractivity contribution in [3.8, 4) is 0 Å². The Hall–Kier alpha value is -1.10. The number of hydrogen-bond donors (Lipinski definition) is 1. The molecule has 0 bridgehead atoms. The minimum absolute atomic E-state index is 0.0346. The molecule has 19 heavy (non-hydrogen) atoms. The molecule has 0 aliphatic carbocycles. The fourth-order valence-corrected chi connectivity index (χ4v) is 3.65. The molecule has 3 rings (SSSR count). The van der Waals surface area contributed by atoms with Gasteiger partial charge in [0.1, 0.15) is 0 Å². The molecule has 0 atom stereocenters. The molecule has 2 heterocycles. The van der Waals surface area contributed by atoms with Gasteiger partial charge in [0.15, 0.2) is 0 Å². The van der Waals surface area contributed by atoms with E-state index in [0.29, 0.717) is 10.6 Å². The number of H-pyrrole nitrogens is 1. The van der Waals surface area contributed by atoms with Gasteiger partial charge in [-0.2, -0.15) is 0 Å². The summed E-state index contributed by atoms with van der Waals surface area (Å²) in [4.78, 5) is 16.3. The molecule has 2 aromatic heterocycles. The Bertz CT molecular complexity index is 770. The molecule has 3 aromatic rings. The molecule has 96 valence electrons. The third-order valence-corrected chi connectivity index (χ3v) is 5.34. The van der Waals surface area contributed by atoms with Gasteiger partial charge in [0, 0.05) is 27.7 Å². The highest BCUT2D eigenvalue weighted by atomic mass is 79.9. The SMILES string of the molecule is Cc1cc(C(=O)c2c[nH]c3cc(Cl)ccc23)sc1Br. The molecule has 5 heteroatoms. The zero-order valence-electron chi connectivity index (χ0n) is 9.96. The van der Waals surface area contributed by atoms with Gasteiger partial charge in [0.2, 0.25) is 5.78 Å². The van der Waals surface area contributed by atoms with Crippen LogP contribution < -0.4 is 0 Å². The number of thiophene rings is 1. The predicted octanol–water partition coefficient (Wildman–Crippen LogP) is 5.18. The van der Waals surface area contributed by atoms with Gasteiger partial charge in [-0.25, -0.2) is 0 Å². The number of aromatic nitrogens is 1. The summed E-state index contributed by atoms with van der Waals surface area (Å²) in [6.07, 6.45) is 1.74. The molecule has 2 nitrogen and oxygen atoms in total. The van der Waals surface area contributed by atoms with Crippen LogP contribution in [0.25, 0.3) is 10.9 Å². The zero-order valence-corrected chi connectivity index (χ0v) is 13.1. The fraction of sp³-hybridized carbons (Fsp3) is 0.0714. The van der Waals surface area contributed by atoms with Crippen LogP contribution in [0.4, 0.5) is 0 Å². The van der Waals surface area contributed by atoms with Crippen LogP contribution in [-0.4, -0.2) is 10.8 Å². The number of aryl methyl sites for hydroxylation is 1. The minimum Gasteiger partial charge on any atom is -0.360 e. The van der Waals surface area contributed by atoms with Crippen molar-refractivity contribution in [2.24, 2.45) is 0 Å². The quantitative estimate of drug-likeness (QED) is 0.632. The Labute approximate surface area is 127 Å². The van der Waals surface area contributed by atoms with Gasteiger partial charge in [-0.1, -0.05) is 17.7 Å². The molecule has 0 radical (unpaired) electrons. The summed E-state index contributed by atoms with van der Waals surface area (Å²) >= 11 is 10.8. The number of fused-ring (bicyclic) bond motifs is 1. The van der Waals surface area contributed by atoms with Crippen molar-refractivity contribution >= 4 is 55.6 Å². The standard InChI is InChI=1S/C14H9BrClNOS/c1-7-4-12(19-14(7)15)13(18)10-6-17-11-5-8(16)2-3-9(10)11/h2-6,17H,1H3. The van der Waals surface area contributed by atoms with Gasteiger partial charge in [-0.3, -0.25) is 4.79 Å². The average Bonchev–Trinajstić information content (AvgIpc) is 2.93. The second-order valence-corrected chi connectivity index (χ2v) is 7.10. The van der Waals surface area contributed by atoms with Crippen molar-refractivity contribution in [2.75, 3.05) is 0 Å². The van der Waals surface area contributed by atoms with E-state index in [1.807, 2.05) is 25.1 Å². The molecule has 0 amide bonds. The maximum Gasteiger partial charge on any atom is 0.205 e. The fourth-order valence-electron chi connectivity index (χ4n) is 1.99. The normalized spacial score (nSPS) is 11.1. The Morgan fingerprint density at radius 2 is 2.16 bits per heavy atom. The van der Waals surface area contributed by atoms with Crippen molar-refractivity contribution in [1.29, 1.82) is 0 Å². The first-order valence-electron chi connectivity index (χ1n) is 5.63. The third-order valence-electron chi connectivity index (χ3n) is 2.97. The van der Waals surface area contributed by atoms with Crippen LogP contribution in [0.2, 0.25) is 5.02 Å². The number of rotatable bonds is 2. The Kier molecular flexibility index (Phi) is 3.25. The maximum atomic E-state index is 12.5. The van der Waals surface area contributed by atoms with Crippen LogP contribution in [0.5, 0.6) is 0 Å². The van der Waals surface area contributed by atoms with Crippen LogP contribution in [-0.2, 0) is 0 Å². The number of aromatic amines is 1. The van der Waals surface area contributed by atoms with Crippen LogP contribution in [0.15, 0.2) is 34.2 Å². The molecule has 0 spiro atoms. The summed E-state index contributed by atoms with van der Waals surface area (Å²) in [6, 6.07) is 7.40. The number of benzene rings is 1. The topological polar surface area (TPSA) is 32.9 Å². The summed E-state index contributed by atoms with van der Waals surface area (Å²) in [7, 11) is 0. The monoisotopic (exact) mass is 353 g/mol. The minimum atomic E-state index is 0.0346. The van der Waals surface area contributed by atoms with Crippen molar-refractivity contribution in [1.82, 2.24) is 4.98 Å². The predicted molar refractivity (Wildman–Crippen MR) is 83.5 cm³/mol. The van der Waals surface area contributed by atoms with Gasteiger partial charge in [-0.05, 0) is 46.6 Å². The lowest BCUT2D eigenvalue weighted by molar-refractivity contribution is 0.104. The van der Waals surface area contributed by atoms with Crippen LogP contribution in [0.3, 0.4) is 0 Å². The zero-order chi connectivity index (χ0) is 13.6. The van der Waals surface area contributed by atoms with E-state index in [-0.39, 0.29) is 5.78 Å². The average molecular weight is 355 g/mol. The first kappa shape index (κ1) is 12.9. The maximum absolute atomic E-state index is 12.5.